The lowest BCUT2D eigenvalue weighted by atomic mass is 9.98. The topological polar surface area (TPSA) is 54.3 Å². The zero-order valence-corrected chi connectivity index (χ0v) is 15.6. The third kappa shape index (κ3) is 3.80. The molecule has 3 heterocycles. The van der Waals surface area contributed by atoms with Gasteiger partial charge in [-0.25, -0.2) is 0 Å². The van der Waals surface area contributed by atoms with Crippen LogP contribution in [0, 0.1) is 13.8 Å². The zero-order chi connectivity index (χ0) is 15.9. The smallest absolute Gasteiger partial charge is 0.307 e. The molecule has 130 valence electrons. The molecule has 1 aromatic rings. The number of rotatable bonds is 4. The first-order chi connectivity index (χ1) is 10.5. The zero-order valence-electron chi connectivity index (χ0n) is 14.0. The van der Waals surface area contributed by atoms with E-state index in [0.29, 0.717) is 31.1 Å². The van der Waals surface area contributed by atoms with Crippen LogP contribution in [0.15, 0.2) is 4.79 Å². The third-order valence-electron chi connectivity index (χ3n) is 5.31. The van der Waals surface area contributed by atoms with E-state index in [1.807, 2.05) is 25.8 Å². The summed E-state index contributed by atoms with van der Waals surface area (Å²) in [4.78, 5) is 27.4. The van der Waals surface area contributed by atoms with E-state index in [4.69, 9.17) is 0 Å². The van der Waals surface area contributed by atoms with Crippen LogP contribution in [0.5, 0.6) is 0 Å². The molecule has 0 aliphatic carbocycles. The molecule has 2 bridgehead atoms. The highest BCUT2D eigenvalue weighted by Gasteiger charge is 2.36. The minimum absolute atomic E-state index is 0. The number of carbonyl (C=O) groups is 1. The Balaban J connectivity index is 0.00000192. The van der Waals surface area contributed by atoms with Gasteiger partial charge in [-0.3, -0.25) is 9.59 Å². The fourth-order valence-corrected chi connectivity index (χ4v) is 4.64. The van der Waals surface area contributed by atoms with Gasteiger partial charge in [0.15, 0.2) is 0 Å². The maximum absolute atomic E-state index is 12.5. The first kappa shape index (κ1) is 18.5. The highest BCUT2D eigenvalue weighted by molar-refractivity contribution is 7.09. The summed E-state index contributed by atoms with van der Waals surface area (Å²) in [5.74, 6) is 0.154. The maximum Gasteiger partial charge on any atom is 0.307 e. The second kappa shape index (κ2) is 7.36. The molecule has 1 N–H and O–H groups in total. The van der Waals surface area contributed by atoms with Gasteiger partial charge in [0.25, 0.3) is 0 Å². The molecule has 0 saturated carbocycles. The van der Waals surface area contributed by atoms with Gasteiger partial charge in [0.1, 0.15) is 0 Å². The first-order valence-corrected chi connectivity index (χ1v) is 8.96. The summed E-state index contributed by atoms with van der Waals surface area (Å²) in [7, 11) is 1.92. The van der Waals surface area contributed by atoms with E-state index in [1.165, 1.54) is 24.2 Å². The molecule has 5 nitrogen and oxygen atoms in total. The van der Waals surface area contributed by atoms with Crippen molar-refractivity contribution in [3.63, 3.8) is 0 Å². The molecule has 0 aromatic carbocycles. The van der Waals surface area contributed by atoms with Crippen molar-refractivity contribution in [3.05, 3.63) is 20.2 Å². The van der Waals surface area contributed by atoms with Crippen LogP contribution in [0.25, 0.3) is 0 Å². The average Bonchev–Trinajstić information content (AvgIpc) is 2.95. The van der Waals surface area contributed by atoms with Crippen molar-refractivity contribution in [2.45, 2.75) is 70.6 Å². The van der Waals surface area contributed by atoms with E-state index in [-0.39, 0.29) is 23.2 Å². The van der Waals surface area contributed by atoms with Crippen LogP contribution >= 0.6 is 23.7 Å². The van der Waals surface area contributed by atoms with Crippen LogP contribution in [-0.4, -0.2) is 40.5 Å². The van der Waals surface area contributed by atoms with Crippen LogP contribution in [0.4, 0.5) is 0 Å². The second-order valence-corrected chi connectivity index (χ2v) is 7.84. The molecule has 2 unspecified atom stereocenters. The number of piperidine rings is 1. The van der Waals surface area contributed by atoms with Gasteiger partial charge in [-0.1, -0.05) is 11.3 Å². The fraction of sp³-hybridized carbons (Fsp3) is 0.750. The largest absolute Gasteiger partial charge is 0.343 e. The second-order valence-electron chi connectivity index (χ2n) is 6.68. The van der Waals surface area contributed by atoms with Crippen molar-refractivity contribution in [3.8, 4) is 0 Å². The van der Waals surface area contributed by atoms with Gasteiger partial charge in [-0.15, -0.1) is 12.4 Å². The number of aryl methyl sites for hydroxylation is 1. The normalized spacial score (nSPS) is 26.0. The first-order valence-electron chi connectivity index (χ1n) is 8.14. The van der Waals surface area contributed by atoms with Crippen LogP contribution in [0.1, 0.15) is 42.7 Å². The Hall–Kier alpha value is -0.850. The van der Waals surface area contributed by atoms with E-state index in [9.17, 15) is 9.59 Å². The number of nitrogens with zero attached hydrogens (tertiary/aromatic N) is 2. The molecule has 2 aliphatic heterocycles. The van der Waals surface area contributed by atoms with Crippen molar-refractivity contribution in [2.24, 2.45) is 0 Å². The molecule has 0 spiro atoms. The lowest BCUT2D eigenvalue weighted by Gasteiger charge is -2.35. The molecule has 2 saturated heterocycles. The number of carbonyl (C=O) groups excluding carboxylic acids is 1. The SMILES string of the molecule is Cc1sc(=O)n(CCC(=O)N(C)C2CC3CCC(C2)N3)c1C.Cl. The highest BCUT2D eigenvalue weighted by Crippen LogP contribution is 2.29. The Bertz CT molecular complexity index is 615. The van der Waals surface area contributed by atoms with Gasteiger partial charge in [0.2, 0.25) is 5.91 Å². The Morgan fingerprint density at radius 1 is 1.30 bits per heavy atom. The molecular formula is C16H26ClN3O2S. The predicted molar refractivity (Wildman–Crippen MR) is 95.7 cm³/mol. The number of halogens is 1. The van der Waals surface area contributed by atoms with Crippen molar-refractivity contribution in [1.29, 1.82) is 0 Å². The summed E-state index contributed by atoms with van der Waals surface area (Å²) in [6.07, 6.45) is 5.02. The van der Waals surface area contributed by atoms with Gasteiger partial charge in [0.05, 0.1) is 0 Å². The number of hydrogen-bond donors (Lipinski definition) is 1. The van der Waals surface area contributed by atoms with E-state index < -0.39 is 0 Å². The van der Waals surface area contributed by atoms with Crippen LogP contribution in [0.3, 0.4) is 0 Å². The molecule has 7 heteroatoms. The van der Waals surface area contributed by atoms with Gasteiger partial charge in [-0.05, 0) is 39.5 Å². The molecular weight excluding hydrogens is 334 g/mol. The Morgan fingerprint density at radius 3 is 2.43 bits per heavy atom. The molecule has 1 amide bonds. The number of amides is 1. The Morgan fingerprint density at radius 2 is 1.91 bits per heavy atom. The van der Waals surface area contributed by atoms with Crippen molar-refractivity contribution < 1.29 is 4.79 Å². The number of hydrogen-bond acceptors (Lipinski definition) is 4. The van der Waals surface area contributed by atoms with Crippen molar-refractivity contribution >= 4 is 29.7 Å². The number of aromatic nitrogens is 1. The molecule has 1 aromatic heterocycles. The van der Waals surface area contributed by atoms with Crippen LogP contribution in [0.2, 0.25) is 0 Å². The lowest BCUT2D eigenvalue weighted by Crippen LogP contribution is -2.48. The molecule has 0 radical (unpaired) electrons. The van der Waals surface area contributed by atoms with E-state index in [2.05, 4.69) is 5.32 Å². The standard InChI is InChI=1S/C16H25N3O2S.ClH/c1-10-11(2)22-16(21)19(10)7-6-15(20)18(3)14-8-12-4-5-13(9-14)17-12;/h12-14,17H,4-9H2,1-3H3;1H. The summed E-state index contributed by atoms with van der Waals surface area (Å²) in [5, 5.41) is 3.61. The Labute approximate surface area is 147 Å². The maximum atomic E-state index is 12.5. The molecule has 2 fully saturated rings. The average molecular weight is 360 g/mol. The van der Waals surface area contributed by atoms with Gasteiger partial charge >= 0.3 is 4.87 Å². The number of nitrogens with one attached hydrogen (secondary N) is 1. The van der Waals surface area contributed by atoms with Crippen molar-refractivity contribution in [1.82, 2.24) is 14.8 Å². The van der Waals surface area contributed by atoms with Gasteiger partial charge < -0.3 is 14.8 Å². The highest BCUT2D eigenvalue weighted by atomic mass is 35.5. The van der Waals surface area contributed by atoms with E-state index in [0.717, 1.165) is 23.4 Å². The van der Waals surface area contributed by atoms with Crippen LogP contribution < -0.4 is 10.2 Å². The summed E-state index contributed by atoms with van der Waals surface area (Å²) < 4.78 is 1.73. The molecule has 2 aliphatic rings. The third-order valence-corrected chi connectivity index (χ3v) is 6.31. The minimum Gasteiger partial charge on any atom is -0.343 e. The summed E-state index contributed by atoms with van der Waals surface area (Å²) >= 11 is 1.27. The van der Waals surface area contributed by atoms with Gasteiger partial charge in [-0.2, -0.15) is 0 Å². The van der Waals surface area contributed by atoms with Gasteiger partial charge in [0, 0.05) is 48.7 Å². The molecule has 3 rings (SSSR count). The summed E-state index contributed by atoms with van der Waals surface area (Å²) in [6.45, 7) is 4.40. The predicted octanol–water partition coefficient (Wildman–Crippen LogP) is 2.08. The molecule has 2 atom stereocenters. The van der Waals surface area contributed by atoms with E-state index in [1.54, 1.807) is 4.57 Å². The van der Waals surface area contributed by atoms with Crippen molar-refractivity contribution in [2.75, 3.05) is 7.05 Å². The van der Waals surface area contributed by atoms with Crippen LogP contribution in [-0.2, 0) is 11.3 Å². The monoisotopic (exact) mass is 359 g/mol. The fourth-order valence-electron chi connectivity index (χ4n) is 3.78. The lowest BCUT2D eigenvalue weighted by molar-refractivity contribution is -0.132. The van der Waals surface area contributed by atoms with E-state index >= 15 is 0 Å². The number of thiazole rings is 1. The quantitative estimate of drug-likeness (QED) is 0.895. The number of fused-ring (bicyclic) bond motifs is 2. The Kier molecular flexibility index (Phi) is 5.92. The molecule has 23 heavy (non-hydrogen) atoms. The summed E-state index contributed by atoms with van der Waals surface area (Å²) in [5.41, 5.74) is 0.991. The minimum atomic E-state index is 0. The summed E-state index contributed by atoms with van der Waals surface area (Å²) in [6, 6.07) is 1.53.